The molecule has 0 bridgehead atoms. The number of fused-ring (bicyclic) bond motifs is 13. The monoisotopic (exact) mass is 755 g/mol. The van der Waals surface area contributed by atoms with Crippen molar-refractivity contribution >= 4 is 33.4 Å². The van der Waals surface area contributed by atoms with Crippen molar-refractivity contribution in [3.63, 3.8) is 0 Å². The highest BCUT2D eigenvalue weighted by atomic mass is 32.2. The van der Waals surface area contributed by atoms with Crippen LogP contribution in [-0.2, 0) is 5.41 Å². The summed E-state index contributed by atoms with van der Waals surface area (Å²) in [5.74, 6) is 0.706. The van der Waals surface area contributed by atoms with Crippen molar-refractivity contribution in [2.45, 2.75) is 15.2 Å². The Labute approximate surface area is 340 Å². The van der Waals surface area contributed by atoms with E-state index < -0.39 is 5.41 Å². The molecule has 12 rings (SSSR count). The number of para-hydroxylation sites is 1. The molecule has 1 spiro atoms. The van der Waals surface area contributed by atoms with Crippen LogP contribution in [0.3, 0.4) is 0 Å². The van der Waals surface area contributed by atoms with Gasteiger partial charge in [0.25, 0.3) is 0 Å². The second kappa shape index (κ2) is 13.0. The number of hydrogen-bond acceptors (Lipinski definition) is 4. The zero-order valence-electron chi connectivity index (χ0n) is 31.3. The van der Waals surface area contributed by atoms with E-state index >= 15 is 0 Å². The summed E-state index contributed by atoms with van der Waals surface area (Å²) in [4.78, 5) is 18.1. The predicted molar refractivity (Wildman–Crippen MR) is 238 cm³/mol. The topological polar surface area (TPSA) is 38.7 Å². The molecule has 58 heavy (non-hydrogen) atoms. The first-order valence-electron chi connectivity index (χ1n) is 19.7. The van der Waals surface area contributed by atoms with E-state index in [0.717, 1.165) is 50.2 Å². The number of aromatic nitrogens is 3. The van der Waals surface area contributed by atoms with Crippen molar-refractivity contribution in [3.05, 3.63) is 222 Å². The number of benzene rings is 8. The molecule has 10 aromatic rings. The van der Waals surface area contributed by atoms with Gasteiger partial charge in [-0.1, -0.05) is 194 Å². The Balaban J connectivity index is 1.06. The molecule has 0 unspecified atom stereocenters. The van der Waals surface area contributed by atoms with Crippen molar-refractivity contribution in [2.75, 3.05) is 0 Å². The first-order chi connectivity index (χ1) is 28.8. The van der Waals surface area contributed by atoms with Gasteiger partial charge in [0.15, 0.2) is 5.82 Å². The van der Waals surface area contributed by atoms with Gasteiger partial charge in [0.05, 0.1) is 28.0 Å². The first-order valence-corrected chi connectivity index (χ1v) is 20.5. The van der Waals surface area contributed by atoms with E-state index in [1.54, 1.807) is 0 Å². The number of pyridine rings is 1. The van der Waals surface area contributed by atoms with Crippen LogP contribution < -0.4 is 0 Å². The molecule has 1 aliphatic carbocycles. The summed E-state index contributed by atoms with van der Waals surface area (Å²) in [7, 11) is 0. The van der Waals surface area contributed by atoms with Gasteiger partial charge in [0.1, 0.15) is 0 Å². The number of hydrogen-bond donors (Lipinski definition) is 0. The molecule has 0 fully saturated rings. The second-order valence-electron chi connectivity index (χ2n) is 15.1. The zero-order chi connectivity index (χ0) is 38.2. The van der Waals surface area contributed by atoms with Gasteiger partial charge in [0, 0.05) is 48.2 Å². The minimum atomic E-state index is -0.445. The minimum absolute atomic E-state index is 0.445. The van der Waals surface area contributed by atoms with Gasteiger partial charge in [-0.25, -0.2) is 15.0 Å². The van der Waals surface area contributed by atoms with Crippen molar-refractivity contribution in [1.29, 1.82) is 0 Å². The summed E-state index contributed by atoms with van der Waals surface area (Å²) in [5, 5.41) is 3.56. The maximum atomic E-state index is 5.40. The second-order valence-corrected chi connectivity index (χ2v) is 16.1. The normalized spacial score (nSPS) is 13.2. The summed E-state index contributed by atoms with van der Waals surface area (Å²) in [6.07, 6.45) is 0. The van der Waals surface area contributed by atoms with Gasteiger partial charge >= 0.3 is 0 Å². The van der Waals surface area contributed by atoms with Crippen LogP contribution in [0.5, 0.6) is 0 Å². The number of rotatable bonds is 4. The molecule has 0 atom stereocenters. The van der Waals surface area contributed by atoms with Crippen LogP contribution in [0.15, 0.2) is 210 Å². The molecule has 2 aliphatic rings. The van der Waals surface area contributed by atoms with Crippen molar-refractivity contribution in [1.82, 2.24) is 15.0 Å². The Hall–Kier alpha value is -7.14. The molecule has 0 radical (unpaired) electrons. The van der Waals surface area contributed by atoms with Gasteiger partial charge in [-0.3, -0.25) is 0 Å². The molecule has 8 aromatic carbocycles. The Kier molecular flexibility index (Phi) is 7.38. The zero-order valence-corrected chi connectivity index (χ0v) is 32.1. The third-order valence-corrected chi connectivity index (χ3v) is 13.2. The lowest BCUT2D eigenvalue weighted by molar-refractivity contribution is 0.726. The van der Waals surface area contributed by atoms with Crippen LogP contribution in [0, 0.1) is 0 Å². The molecular weight excluding hydrogens is 723 g/mol. The van der Waals surface area contributed by atoms with Crippen LogP contribution in [0.25, 0.3) is 78.0 Å². The molecule has 0 saturated heterocycles. The van der Waals surface area contributed by atoms with Gasteiger partial charge in [0.2, 0.25) is 0 Å². The molecule has 0 N–H and O–H groups in total. The molecule has 3 nitrogen and oxygen atoms in total. The SMILES string of the molecule is c1ccc(-c2cc(-c3ccc(-c4nc5ccccc5c5c6c(ccc45)C4(c5ccccc5S6)c5ccccc5-c5ccccc54)cc3)nc(-c3ccccc3)n2)cc1. The molecular formula is C54H33N3S. The highest BCUT2D eigenvalue weighted by molar-refractivity contribution is 7.99. The summed E-state index contributed by atoms with van der Waals surface area (Å²) in [5.41, 5.74) is 15.4. The lowest BCUT2D eigenvalue weighted by atomic mass is 9.67. The fraction of sp³-hybridized carbons (Fsp3) is 0.0185. The maximum Gasteiger partial charge on any atom is 0.160 e. The lowest BCUT2D eigenvalue weighted by Crippen LogP contribution is -2.32. The Morgan fingerprint density at radius 1 is 0.379 bits per heavy atom. The summed E-state index contributed by atoms with van der Waals surface area (Å²) in [6.45, 7) is 0. The van der Waals surface area contributed by atoms with Crippen LogP contribution in [0.2, 0.25) is 0 Å². The third-order valence-electron chi connectivity index (χ3n) is 12.0. The average Bonchev–Trinajstić information content (AvgIpc) is 3.59. The fourth-order valence-electron chi connectivity index (χ4n) is 9.43. The minimum Gasteiger partial charge on any atom is -0.247 e. The Bertz CT molecular complexity index is 3150. The van der Waals surface area contributed by atoms with Gasteiger partial charge in [-0.2, -0.15) is 0 Å². The van der Waals surface area contributed by atoms with Crippen molar-refractivity contribution < 1.29 is 0 Å². The maximum absolute atomic E-state index is 5.40. The lowest BCUT2D eigenvalue weighted by Gasteiger charge is -2.40. The fourth-order valence-corrected chi connectivity index (χ4v) is 10.8. The smallest absolute Gasteiger partial charge is 0.160 e. The highest BCUT2D eigenvalue weighted by Crippen LogP contribution is 2.63. The molecule has 4 heteroatoms. The highest BCUT2D eigenvalue weighted by Gasteiger charge is 2.50. The quantitative estimate of drug-likeness (QED) is 0.168. The van der Waals surface area contributed by atoms with Crippen molar-refractivity contribution in [3.8, 4) is 56.3 Å². The first kappa shape index (κ1) is 33.0. The van der Waals surface area contributed by atoms with E-state index in [-0.39, 0.29) is 0 Å². The average molecular weight is 756 g/mol. The van der Waals surface area contributed by atoms with Crippen LogP contribution in [0.1, 0.15) is 22.3 Å². The van der Waals surface area contributed by atoms with Gasteiger partial charge < -0.3 is 0 Å². The van der Waals surface area contributed by atoms with Gasteiger partial charge in [-0.05, 0) is 51.6 Å². The van der Waals surface area contributed by atoms with Crippen molar-refractivity contribution in [2.24, 2.45) is 0 Å². The Morgan fingerprint density at radius 2 is 0.931 bits per heavy atom. The van der Waals surface area contributed by atoms with Crippen LogP contribution in [0.4, 0.5) is 0 Å². The predicted octanol–water partition coefficient (Wildman–Crippen LogP) is 13.7. The molecule has 2 aromatic heterocycles. The van der Waals surface area contributed by atoms with E-state index in [2.05, 4.69) is 176 Å². The van der Waals surface area contributed by atoms with Crippen LogP contribution in [-0.4, -0.2) is 15.0 Å². The summed E-state index contributed by atoms with van der Waals surface area (Å²) in [6, 6.07) is 71.8. The molecule has 0 amide bonds. The largest absolute Gasteiger partial charge is 0.247 e. The summed E-state index contributed by atoms with van der Waals surface area (Å²) >= 11 is 1.90. The van der Waals surface area contributed by atoms with E-state index in [0.29, 0.717) is 5.82 Å². The summed E-state index contributed by atoms with van der Waals surface area (Å²) < 4.78 is 0. The van der Waals surface area contributed by atoms with Crippen LogP contribution >= 0.6 is 11.8 Å². The van der Waals surface area contributed by atoms with E-state index in [1.807, 2.05) is 36.0 Å². The van der Waals surface area contributed by atoms with Gasteiger partial charge in [-0.15, -0.1) is 0 Å². The molecule has 1 aliphatic heterocycles. The number of nitrogens with zero attached hydrogens (tertiary/aromatic N) is 3. The Morgan fingerprint density at radius 3 is 1.64 bits per heavy atom. The molecule has 3 heterocycles. The van der Waals surface area contributed by atoms with E-state index in [9.17, 15) is 0 Å². The molecule has 270 valence electrons. The van der Waals surface area contributed by atoms with E-state index in [4.69, 9.17) is 15.0 Å². The van der Waals surface area contributed by atoms with E-state index in [1.165, 1.54) is 53.9 Å². The third kappa shape index (κ3) is 4.85. The standard InChI is InChI=1S/C54H33N3S/c1-3-15-34(16-4-1)47-33-48(57-53(56-47)37-17-5-2-6-18-37)35-27-29-36(30-28-35)51-41-31-32-45-52(50(41)40-21-9-13-25-46(40)55-51)58-49-26-14-12-24-44(49)54(45)42-22-10-7-19-38(42)39-20-8-11-23-43(39)54/h1-33H. The molecule has 0 saturated carbocycles.